The lowest BCUT2D eigenvalue weighted by Crippen LogP contribution is -2.21. The largest absolute Gasteiger partial charge is 0.345 e. The summed E-state index contributed by atoms with van der Waals surface area (Å²) < 4.78 is 0. The van der Waals surface area contributed by atoms with Crippen LogP contribution < -0.4 is 5.32 Å². The lowest BCUT2D eigenvalue weighted by atomic mass is 10.1. The van der Waals surface area contributed by atoms with Crippen molar-refractivity contribution in [2.45, 2.75) is 20.3 Å². The molecule has 1 aromatic heterocycles. The monoisotopic (exact) mass is 215 g/mol. The van der Waals surface area contributed by atoms with Crippen LogP contribution in [0.4, 0.5) is 0 Å². The Bertz CT molecular complexity index is 419. The number of nitrogens with one attached hydrogen (secondary N) is 1. The highest BCUT2D eigenvalue weighted by Gasteiger charge is 2.11. The molecule has 0 aromatic carbocycles. The summed E-state index contributed by atoms with van der Waals surface area (Å²) in [5.74, 6) is 1.45. The molecule has 16 heavy (non-hydrogen) atoms. The summed E-state index contributed by atoms with van der Waals surface area (Å²) in [6.07, 6.45) is 6.77. The van der Waals surface area contributed by atoms with Crippen molar-refractivity contribution < 1.29 is 0 Å². The van der Waals surface area contributed by atoms with E-state index in [-0.39, 0.29) is 0 Å². The third-order valence-corrected chi connectivity index (χ3v) is 2.41. The molecule has 1 aliphatic rings. The van der Waals surface area contributed by atoms with Gasteiger partial charge in [0.05, 0.1) is 0 Å². The van der Waals surface area contributed by atoms with Gasteiger partial charge in [-0.2, -0.15) is 0 Å². The van der Waals surface area contributed by atoms with Gasteiger partial charge in [-0.3, -0.25) is 9.98 Å². The first kappa shape index (κ1) is 10.9. The van der Waals surface area contributed by atoms with Crippen molar-refractivity contribution in [3.63, 3.8) is 0 Å². The van der Waals surface area contributed by atoms with E-state index in [4.69, 9.17) is 0 Å². The SMILES string of the molecule is CC(C)CN=C1NC=CCc2cccnc21. The predicted octanol–water partition coefficient (Wildman–Crippen LogP) is 2.14. The molecule has 0 unspecified atom stereocenters. The molecule has 3 heteroatoms. The number of aliphatic imine (C=N–C) groups is 1. The molecule has 0 bridgehead atoms. The van der Waals surface area contributed by atoms with Gasteiger partial charge in [0.15, 0.2) is 5.84 Å². The van der Waals surface area contributed by atoms with Gasteiger partial charge >= 0.3 is 0 Å². The van der Waals surface area contributed by atoms with E-state index in [2.05, 4.69) is 41.3 Å². The highest BCUT2D eigenvalue weighted by Crippen LogP contribution is 2.10. The molecule has 0 spiro atoms. The third kappa shape index (κ3) is 2.48. The van der Waals surface area contributed by atoms with Crippen molar-refractivity contribution >= 4 is 5.84 Å². The molecule has 0 aliphatic carbocycles. The van der Waals surface area contributed by atoms with Crippen LogP contribution in [0.1, 0.15) is 25.1 Å². The zero-order valence-corrected chi connectivity index (χ0v) is 9.77. The first-order valence-electron chi connectivity index (χ1n) is 5.67. The van der Waals surface area contributed by atoms with Crippen molar-refractivity contribution in [1.29, 1.82) is 0 Å². The van der Waals surface area contributed by atoms with Crippen molar-refractivity contribution in [1.82, 2.24) is 10.3 Å². The molecule has 2 heterocycles. The van der Waals surface area contributed by atoms with Gasteiger partial charge in [-0.05, 0) is 30.2 Å². The first-order valence-corrected chi connectivity index (χ1v) is 5.67. The molecular formula is C13H17N3. The summed E-state index contributed by atoms with van der Waals surface area (Å²) >= 11 is 0. The Balaban J connectivity index is 2.32. The average Bonchev–Trinajstić information content (AvgIpc) is 2.48. The van der Waals surface area contributed by atoms with Crippen LogP contribution in [0.5, 0.6) is 0 Å². The summed E-state index contributed by atoms with van der Waals surface area (Å²) in [4.78, 5) is 8.98. The number of hydrogen-bond donors (Lipinski definition) is 1. The van der Waals surface area contributed by atoms with Gasteiger partial charge in [0.1, 0.15) is 5.69 Å². The van der Waals surface area contributed by atoms with E-state index in [1.54, 1.807) is 0 Å². The lowest BCUT2D eigenvalue weighted by molar-refractivity contribution is 0.664. The molecule has 84 valence electrons. The Labute approximate surface area is 96.3 Å². The Morgan fingerprint density at radius 3 is 3.19 bits per heavy atom. The van der Waals surface area contributed by atoms with Crippen LogP contribution in [0.15, 0.2) is 35.6 Å². The molecule has 1 aliphatic heterocycles. The standard InChI is InChI=1S/C13H17N3/c1-10(2)9-16-13-12-11(5-3-7-14-12)6-4-8-15-13/h3-5,7-8,10H,6,9H2,1-2H3,(H,15,16). The van der Waals surface area contributed by atoms with Gasteiger partial charge in [0.25, 0.3) is 0 Å². The number of pyridine rings is 1. The maximum absolute atomic E-state index is 4.58. The Kier molecular flexibility index (Phi) is 3.34. The molecule has 1 aromatic rings. The van der Waals surface area contributed by atoms with E-state index >= 15 is 0 Å². The number of allylic oxidation sites excluding steroid dienone is 1. The van der Waals surface area contributed by atoms with Gasteiger partial charge < -0.3 is 5.32 Å². The molecule has 2 rings (SSSR count). The Hall–Kier alpha value is -1.64. The molecule has 1 N–H and O–H groups in total. The number of amidine groups is 1. The van der Waals surface area contributed by atoms with Crippen LogP contribution in [-0.4, -0.2) is 17.4 Å². The molecule has 0 saturated carbocycles. The fourth-order valence-corrected chi connectivity index (χ4v) is 1.60. The maximum Gasteiger partial charge on any atom is 0.151 e. The van der Waals surface area contributed by atoms with E-state index in [0.717, 1.165) is 24.5 Å². The van der Waals surface area contributed by atoms with Crippen LogP contribution in [0, 0.1) is 5.92 Å². The average molecular weight is 215 g/mol. The van der Waals surface area contributed by atoms with Crippen LogP contribution in [0.25, 0.3) is 0 Å². The van der Waals surface area contributed by atoms with E-state index in [9.17, 15) is 0 Å². The van der Waals surface area contributed by atoms with Crippen molar-refractivity contribution in [3.8, 4) is 0 Å². The van der Waals surface area contributed by atoms with Crippen molar-refractivity contribution in [2.24, 2.45) is 10.9 Å². The molecule has 3 nitrogen and oxygen atoms in total. The summed E-state index contributed by atoms with van der Waals surface area (Å²) in [7, 11) is 0. The number of fused-ring (bicyclic) bond motifs is 1. The minimum Gasteiger partial charge on any atom is -0.345 e. The van der Waals surface area contributed by atoms with Crippen LogP contribution in [-0.2, 0) is 6.42 Å². The first-order chi connectivity index (χ1) is 7.77. The van der Waals surface area contributed by atoms with Crippen LogP contribution in [0.2, 0.25) is 0 Å². The van der Waals surface area contributed by atoms with E-state index in [1.807, 2.05) is 18.5 Å². The van der Waals surface area contributed by atoms with E-state index in [0.29, 0.717) is 5.92 Å². The molecule has 0 fully saturated rings. The lowest BCUT2D eigenvalue weighted by Gasteiger charge is -2.08. The normalized spacial score (nSPS) is 17.1. The zero-order chi connectivity index (χ0) is 11.4. The van der Waals surface area contributed by atoms with Crippen LogP contribution >= 0.6 is 0 Å². The van der Waals surface area contributed by atoms with E-state index in [1.165, 1.54) is 5.56 Å². The summed E-state index contributed by atoms with van der Waals surface area (Å²) in [6.45, 7) is 5.15. The van der Waals surface area contributed by atoms with E-state index < -0.39 is 0 Å². The Morgan fingerprint density at radius 2 is 2.38 bits per heavy atom. The fourth-order valence-electron chi connectivity index (χ4n) is 1.60. The molecule has 0 atom stereocenters. The minimum absolute atomic E-state index is 0.564. The second kappa shape index (κ2) is 4.92. The quantitative estimate of drug-likeness (QED) is 0.820. The number of hydrogen-bond acceptors (Lipinski definition) is 2. The second-order valence-electron chi connectivity index (χ2n) is 4.35. The van der Waals surface area contributed by atoms with Gasteiger partial charge in [0.2, 0.25) is 0 Å². The van der Waals surface area contributed by atoms with Gasteiger partial charge in [-0.25, -0.2) is 0 Å². The summed E-state index contributed by atoms with van der Waals surface area (Å²) in [5.41, 5.74) is 2.21. The topological polar surface area (TPSA) is 37.3 Å². The van der Waals surface area contributed by atoms with Gasteiger partial charge in [-0.15, -0.1) is 0 Å². The molecular weight excluding hydrogens is 198 g/mol. The third-order valence-electron chi connectivity index (χ3n) is 2.41. The smallest absolute Gasteiger partial charge is 0.151 e. The second-order valence-corrected chi connectivity index (χ2v) is 4.35. The highest BCUT2D eigenvalue weighted by molar-refractivity contribution is 5.99. The number of rotatable bonds is 2. The highest BCUT2D eigenvalue weighted by atomic mass is 15.0. The molecule has 0 amide bonds. The zero-order valence-electron chi connectivity index (χ0n) is 9.77. The number of aromatic nitrogens is 1. The Morgan fingerprint density at radius 1 is 1.50 bits per heavy atom. The summed E-state index contributed by atoms with van der Waals surface area (Å²) in [5, 5.41) is 3.20. The summed E-state index contributed by atoms with van der Waals surface area (Å²) in [6, 6.07) is 4.07. The van der Waals surface area contributed by atoms with Gasteiger partial charge in [-0.1, -0.05) is 26.0 Å². The van der Waals surface area contributed by atoms with Crippen LogP contribution in [0.3, 0.4) is 0 Å². The van der Waals surface area contributed by atoms with Crippen molar-refractivity contribution in [2.75, 3.05) is 6.54 Å². The van der Waals surface area contributed by atoms with Crippen molar-refractivity contribution in [3.05, 3.63) is 41.9 Å². The maximum atomic E-state index is 4.58. The fraction of sp³-hybridized carbons (Fsp3) is 0.385. The molecule has 0 radical (unpaired) electrons. The van der Waals surface area contributed by atoms with Gasteiger partial charge in [0, 0.05) is 12.7 Å². The minimum atomic E-state index is 0.564. The predicted molar refractivity (Wildman–Crippen MR) is 66.5 cm³/mol. The number of nitrogens with zero attached hydrogens (tertiary/aromatic N) is 2. The molecule has 0 saturated heterocycles.